The highest BCUT2D eigenvalue weighted by atomic mass is 35.5. The van der Waals surface area contributed by atoms with Crippen LogP contribution in [0.25, 0.3) is 0 Å². The molecular weight excluding hydrogens is 264 g/mol. The number of imidazole rings is 1. The van der Waals surface area contributed by atoms with Gasteiger partial charge in [-0.05, 0) is 12.1 Å². The second-order valence-electron chi connectivity index (χ2n) is 3.07. The number of aromatic carboxylic acids is 1. The van der Waals surface area contributed by atoms with Gasteiger partial charge in [-0.15, -0.1) is 12.4 Å². The number of aromatic nitrogens is 2. The Hall–Kier alpha value is -1.53. The Balaban J connectivity index is 0.00000144. The first-order chi connectivity index (χ1) is 7.75. The zero-order valence-electron chi connectivity index (χ0n) is 8.78. The maximum atomic E-state index is 10.6. The number of carboxylic acids is 1. The van der Waals surface area contributed by atoms with Crippen molar-refractivity contribution in [2.24, 2.45) is 0 Å². The molecule has 2 aromatic rings. The molecule has 0 radical (unpaired) electrons. The molecule has 0 atom stereocenters. The Morgan fingerprint density at radius 3 is 2.94 bits per heavy atom. The van der Waals surface area contributed by atoms with Gasteiger partial charge in [0.05, 0.1) is 12.9 Å². The van der Waals surface area contributed by atoms with Crippen LogP contribution < -0.4 is 4.74 Å². The summed E-state index contributed by atoms with van der Waals surface area (Å²) in [7, 11) is 0. The number of rotatable bonds is 5. The van der Waals surface area contributed by atoms with Crippen molar-refractivity contribution < 1.29 is 14.6 Å². The van der Waals surface area contributed by atoms with E-state index >= 15 is 0 Å². The van der Waals surface area contributed by atoms with E-state index in [-0.39, 0.29) is 17.3 Å². The molecule has 0 aliphatic rings. The van der Waals surface area contributed by atoms with Gasteiger partial charge < -0.3 is 14.4 Å². The van der Waals surface area contributed by atoms with Crippen LogP contribution in [0.4, 0.5) is 0 Å². The Morgan fingerprint density at radius 1 is 1.53 bits per heavy atom. The molecule has 0 aliphatic carbocycles. The summed E-state index contributed by atoms with van der Waals surface area (Å²) in [5, 5.41) is 9.34. The van der Waals surface area contributed by atoms with Gasteiger partial charge in [-0.25, -0.2) is 9.78 Å². The van der Waals surface area contributed by atoms with E-state index in [1.54, 1.807) is 24.7 Å². The average molecular weight is 275 g/mol. The van der Waals surface area contributed by atoms with Crippen molar-refractivity contribution in [3.63, 3.8) is 0 Å². The molecule has 0 spiro atoms. The third-order valence-electron chi connectivity index (χ3n) is 1.95. The minimum atomic E-state index is -0.922. The minimum absolute atomic E-state index is 0. The van der Waals surface area contributed by atoms with Crippen molar-refractivity contribution in [2.75, 3.05) is 6.61 Å². The molecule has 0 aliphatic heterocycles. The van der Waals surface area contributed by atoms with Crippen LogP contribution in [0.2, 0.25) is 0 Å². The van der Waals surface area contributed by atoms with Crippen LogP contribution in [0, 0.1) is 0 Å². The van der Waals surface area contributed by atoms with Crippen LogP contribution in [-0.4, -0.2) is 27.2 Å². The van der Waals surface area contributed by atoms with Gasteiger partial charge in [0.2, 0.25) is 0 Å². The van der Waals surface area contributed by atoms with Crippen molar-refractivity contribution in [3.05, 3.63) is 35.7 Å². The summed E-state index contributed by atoms with van der Waals surface area (Å²) in [6, 6.07) is 3.21. The predicted octanol–water partition coefficient (Wildman–Crippen LogP) is 2.14. The number of carbonyl (C=O) groups is 1. The van der Waals surface area contributed by atoms with Gasteiger partial charge in [-0.3, -0.25) is 0 Å². The molecule has 0 saturated heterocycles. The number of hydrogen-bond donors (Lipinski definition) is 1. The molecule has 92 valence electrons. The van der Waals surface area contributed by atoms with Gasteiger partial charge in [-0.2, -0.15) is 0 Å². The number of ether oxygens (including phenoxy) is 1. The van der Waals surface area contributed by atoms with E-state index in [0.717, 1.165) is 11.3 Å². The van der Waals surface area contributed by atoms with Crippen LogP contribution in [0.5, 0.6) is 5.06 Å². The van der Waals surface area contributed by atoms with E-state index in [1.807, 2.05) is 10.8 Å². The monoisotopic (exact) mass is 274 g/mol. The van der Waals surface area contributed by atoms with Gasteiger partial charge in [0.15, 0.2) is 5.06 Å². The molecule has 7 heteroatoms. The zero-order chi connectivity index (χ0) is 11.4. The fraction of sp³-hybridized carbons (Fsp3) is 0.200. The Kier molecular flexibility index (Phi) is 4.99. The molecule has 17 heavy (non-hydrogen) atoms. The molecule has 0 saturated carbocycles. The Bertz CT molecular complexity index is 470. The Labute approximate surface area is 108 Å². The second kappa shape index (κ2) is 6.27. The van der Waals surface area contributed by atoms with Crippen LogP contribution in [0.15, 0.2) is 30.9 Å². The first-order valence-electron chi connectivity index (χ1n) is 4.67. The van der Waals surface area contributed by atoms with E-state index in [4.69, 9.17) is 9.84 Å². The van der Waals surface area contributed by atoms with E-state index in [2.05, 4.69) is 4.98 Å². The molecule has 0 bridgehead atoms. The summed E-state index contributed by atoms with van der Waals surface area (Å²) >= 11 is 1.13. The van der Waals surface area contributed by atoms with E-state index in [0.29, 0.717) is 18.2 Å². The average Bonchev–Trinajstić information content (AvgIpc) is 2.87. The van der Waals surface area contributed by atoms with Crippen LogP contribution in [0.1, 0.15) is 9.67 Å². The molecule has 5 nitrogen and oxygen atoms in total. The van der Waals surface area contributed by atoms with Crippen molar-refractivity contribution in [1.82, 2.24) is 9.55 Å². The van der Waals surface area contributed by atoms with Crippen molar-refractivity contribution in [3.8, 4) is 5.06 Å². The molecule has 1 N–H and O–H groups in total. The number of nitrogens with zero attached hydrogens (tertiary/aromatic N) is 2. The highest BCUT2D eigenvalue weighted by Crippen LogP contribution is 2.24. The SMILES string of the molecule is Cl.O=C(O)c1ccc(OCCn2ccnc2)s1. The second-order valence-corrected chi connectivity index (χ2v) is 4.12. The van der Waals surface area contributed by atoms with Crippen molar-refractivity contribution in [2.45, 2.75) is 6.54 Å². The lowest BCUT2D eigenvalue weighted by molar-refractivity contribution is 0.0702. The fourth-order valence-electron chi connectivity index (χ4n) is 1.18. The standard InChI is InChI=1S/C10H10N2O3S.ClH/c13-10(14)8-1-2-9(16-8)15-6-5-12-4-3-11-7-12;/h1-4,7H,5-6H2,(H,13,14);1H. The molecule has 2 aromatic heterocycles. The molecule has 0 unspecified atom stereocenters. The summed E-state index contributed by atoms with van der Waals surface area (Å²) in [6.45, 7) is 1.19. The Morgan fingerprint density at radius 2 is 2.35 bits per heavy atom. The lowest BCUT2D eigenvalue weighted by Gasteiger charge is -2.03. The van der Waals surface area contributed by atoms with Crippen LogP contribution in [0.3, 0.4) is 0 Å². The molecule has 2 heterocycles. The van der Waals surface area contributed by atoms with Crippen molar-refractivity contribution >= 4 is 29.7 Å². The van der Waals surface area contributed by atoms with Crippen LogP contribution in [-0.2, 0) is 6.54 Å². The van der Waals surface area contributed by atoms with Crippen molar-refractivity contribution in [1.29, 1.82) is 0 Å². The normalized spacial score (nSPS) is 9.65. The van der Waals surface area contributed by atoms with Crippen LogP contribution >= 0.6 is 23.7 Å². The summed E-state index contributed by atoms with van der Waals surface area (Å²) < 4.78 is 7.31. The third kappa shape index (κ3) is 3.76. The number of thiophene rings is 1. The molecule has 0 aromatic carbocycles. The van der Waals surface area contributed by atoms with Gasteiger partial charge in [-0.1, -0.05) is 11.3 Å². The minimum Gasteiger partial charge on any atom is -0.482 e. The number of carboxylic acid groups (broad SMARTS) is 1. The lowest BCUT2D eigenvalue weighted by Crippen LogP contribution is -2.05. The first-order valence-corrected chi connectivity index (χ1v) is 5.49. The van der Waals surface area contributed by atoms with Gasteiger partial charge >= 0.3 is 5.97 Å². The predicted molar refractivity (Wildman–Crippen MR) is 66.2 cm³/mol. The maximum absolute atomic E-state index is 10.6. The quantitative estimate of drug-likeness (QED) is 0.907. The highest BCUT2D eigenvalue weighted by Gasteiger charge is 2.07. The summed E-state index contributed by atoms with van der Waals surface area (Å²) in [6.07, 6.45) is 5.26. The lowest BCUT2D eigenvalue weighted by atomic mass is 10.5. The molecular formula is C10H11ClN2O3S. The highest BCUT2D eigenvalue weighted by molar-refractivity contribution is 7.15. The number of halogens is 1. The van der Waals surface area contributed by atoms with Gasteiger partial charge in [0.1, 0.15) is 11.5 Å². The third-order valence-corrected chi connectivity index (χ3v) is 2.93. The molecule has 0 amide bonds. The first kappa shape index (κ1) is 13.5. The summed E-state index contributed by atoms with van der Waals surface area (Å²) in [5.74, 6) is -0.922. The van der Waals surface area contributed by atoms with E-state index in [9.17, 15) is 4.79 Å². The zero-order valence-corrected chi connectivity index (χ0v) is 10.4. The number of hydrogen-bond acceptors (Lipinski definition) is 4. The van der Waals surface area contributed by atoms with E-state index in [1.165, 1.54) is 0 Å². The largest absolute Gasteiger partial charge is 0.482 e. The van der Waals surface area contributed by atoms with E-state index < -0.39 is 5.97 Å². The topological polar surface area (TPSA) is 64.3 Å². The molecule has 0 fully saturated rings. The van der Waals surface area contributed by atoms with Gasteiger partial charge in [0, 0.05) is 12.4 Å². The summed E-state index contributed by atoms with van der Waals surface area (Å²) in [5.41, 5.74) is 0. The van der Waals surface area contributed by atoms with Gasteiger partial charge in [0.25, 0.3) is 0 Å². The summed E-state index contributed by atoms with van der Waals surface area (Å²) in [4.78, 5) is 14.8. The molecule has 2 rings (SSSR count). The smallest absolute Gasteiger partial charge is 0.345 e. The fourth-order valence-corrected chi connectivity index (χ4v) is 1.90. The maximum Gasteiger partial charge on any atom is 0.345 e.